The highest BCUT2D eigenvalue weighted by atomic mass is 32.1. The summed E-state index contributed by atoms with van der Waals surface area (Å²) in [5.74, 6) is 0. The number of hydrogen-bond acceptors (Lipinski definition) is 4. The average molecular weight is 222 g/mol. The van der Waals surface area contributed by atoms with Crippen molar-refractivity contribution in [2.75, 3.05) is 5.73 Å². The lowest BCUT2D eigenvalue weighted by Crippen LogP contribution is -1.99. The van der Waals surface area contributed by atoms with Crippen LogP contribution in [0.25, 0.3) is 0 Å². The maximum absolute atomic E-state index is 5.73. The molecule has 0 fully saturated rings. The Morgan fingerprint density at radius 1 is 1.33 bits per heavy atom. The Hall–Kier alpha value is -1.36. The molecule has 0 saturated carbocycles. The van der Waals surface area contributed by atoms with Crippen molar-refractivity contribution in [2.24, 2.45) is 0 Å². The number of aromatic nitrogens is 3. The second kappa shape index (κ2) is 3.66. The van der Waals surface area contributed by atoms with E-state index in [1.165, 1.54) is 4.88 Å². The van der Waals surface area contributed by atoms with E-state index < -0.39 is 0 Å². The van der Waals surface area contributed by atoms with Crippen molar-refractivity contribution in [1.29, 1.82) is 0 Å². The lowest BCUT2D eigenvalue weighted by molar-refractivity contribution is 0.675. The van der Waals surface area contributed by atoms with Crippen LogP contribution in [0.1, 0.15) is 21.3 Å². The highest BCUT2D eigenvalue weighted by molar-refractivity contribution is 7.11. The zero-order valence-corrected chi connectivity index (χ0v) is 9.93. The maximum Gasteiger partial charge on any atom is 0.115 e. The normalized spacial score (nSPS) is 10.9. The summed E-state index contributed by atoms with van der Waals surface area (Å²) >= 11 is 1.71. The Morgan fingerprint density at radius 3 is 2.53 bits per heavy atom. The Balaban J connectivity index is 2.21. The van der Waals surface area contributed by atoms with Gasteiger partial charge in [-0.05, 0) is 20.8 Å². The van der Waals surface area contributed by atoms with Crippen LogP contribution in [0.4, 0.5) is 5.69 Å². The fourth-order valence-corrected chi connectivity index (χ4v) is 2.29. The fraction of sp³-hybridized carbons (Fsp3) is 0.400. The Morgan fingerprint density at radius 2 is 2.07 bits per heavy atom. The monoisotopic (exact) mass is 222 g/mol. The van der Waals surface area contributed by atoms with Crippen LogP contribution in [0.5, 0.6) is 0 Å². The van der Waals surface area contributed by atoms with E-state index in [0.717, 1.165) is 22.1 Å². The van der Waals surface area contributed by atoms with Crippen molar-refractivity contribution in [2.45, 2.75) is 27.3 Å². The summed E-state index contributed by atoms with van der Waals surface area (Å²) in [5.41, 5.74) is 8.44. The predicted octanol–water partition coefficient (Wildman–Crippen LogP) is 1.90. The molecule has 80 valence electrons. The van der Waals surface area contributed by atoms with Gasteiger partial charge in [0.2, 0.25) is 0 Å². The Bertz CT molecular complexity index is 400. The molecule has 5 heteroatoms. The molecule has 0 aliphatic carbocycles. The topological polar surface area (TPSA) is 56.7 Å². The van der Waals surface area contributed by atoms with E-state index in [9.17, 15) is 0 Å². The lowest BCUT2D eigenvalue weighted by Gasteiger charge is -1.95. The molecular weight excluding hydrogens is 208 g/mol. The van der Waals surface area contributed by atoms with E-state index in [1.54, 1.807) is 11.3 Å². The summed E-state index contributed by atoms with van der Waals surface area (Å²) in [6, 6.07) is 0. The first-order chi connectivity index (χ1) is 7.06. The van der Waals surface area contributed by atoms with Crippen molar-refractivity contribution in [1.82, 2.24) is 14.8 Å². The van der Waals surface area contributed by atoms with Crippen molar-refractivity contribution >= 4 is 17.0 Å². The van der Waals surface area contributed by atoms with Crippen molar-refractivity contribution in [3.05, 3.63) is 27.5 Å². The SMILES string of the molecule is Cc1nn(Cc2nc(C)c(C)s2)cc1N. The molecule has 2 heterocycles. The molecule has 4 nitrogen and oxygen atoms in total. The van der Waals surface area contributed by atoms with Gasteiger partial charge in [-0.1, -0.05) is 0 Å². The van der Waals surface area contributed by atoms with Crippen LogP contribution in [0.3, 0.4) is 0 Å². The summed E-state index contributed by atoms with van der Waals surface area (Å²) < 4.78 is 1.84. The molecule has 0 aromatic carbocycles. The summed E-state index contributed by atoms with van der Waals surface area (Å²) in [4.78, 5) is 5.73. The van der Waals surface area contributed by atoms with Crippen LogP contribution < -0.4 is 5.73 Å². The molecule has 2 aromatic rings. The van der Waals surface area contributed by atoms with Gasteiger partial charge < -0.3 is 5.73 Å². The quantitative estimate of drug-likeness (QED) is 0.844. The Labute approximate surface area is 92.8 Å². The molecule has 0 aliphatic heterocycles. The van der Waals surface area contributed by atoms with Gasteiger partial charge in [-0.15, -0.1) is 11.3 Å². The van der Waals surface area contributed by atoms with Crippen LogP contribution >= 0.6 is 11.3 Å². The van der Waals surface area contributed by atoms with Crippen LogP contribution in [-0.4, -0.2) is 14.8 Å². The van der Waals surface area contributed by atoms with E-state index in [2.05, 4.69) is 17.0 Å². The first-order valence-electron chi connectivity index (χ1n) is 4.78. The molecule has 0 atom stereocenters. The van der Waals surface area contributed by atoms with Gasteiger partial charge in [-0.25, -0.2) is 4.98 Å². The third kappa shape index (κ3) is 2.02. The van der Waals surface area contributed by atoms with E-state index in [-0.39, 0.29) is 0 Å². The van der Waals surface area contributed by atoms with Gasteiger partial charge in [-0.3, -0.25) is 4.68 Å². The van der Waals surface area contributed by atoms with E-state index in [1.807, 2.05) is 24.7 Å². The third-order valence-electron chi connectivity index (χ3n) is 2.35. The van der Waals surface area contributed by atoms with Crippen molar-refractivity contribution in [3.8, 4) is 0 Å². The highest BCUT2D eigenvalue weighted by Gasteiger charge is 2.06. The number of rotatable bonds is 2. The van der Waals surface area contributed by atoms with E-state index in [0.29, 0.717) is 6.54 Å². The number of nitrogen functional groups attached to an aromatic ring is 1. The highest BCUT2D eigenvalue weighted by Crippen LogP contribution is 2.18. The number of aryl methyl sites for hydroxylation is 3. The summed E-state index contributed by atoms with van der Waals surface area (Å²) in [6.45, 7) is 6.72. The molecule has 0 amide bonds. The van der Waals surface area contributed by atoms with Crippen LogP contribution in [0, 0.1) is 20.8 Å². The van der Waals surface area contributed by atoms with E-state index in [4.69, 9.17) is 5.73 Å². The maximum atomic E-state index is 5.73. The van der Waals surface area contributed by atoms with Gasteiger partial charge in [0.05, 0.1) is 23.6 Å². The minimum atomic E-state index is 0.706. The molecular formula is C10H14N4S. The third-order valence-corrected chi connectivity index (χ3v) is 3.41. The number of nitrogens with zero attached hydrogens (tertiary/aromatic N) is 3. The molecule has 0 aliphatic rings. The number of anilines is 1. The second-order valence-corrected chi connectivity index (χ2v) is 4.90. The van der Waals surface area contributed by atoms with Crippen LogP contribution in [-0.2, 0) is 6.54 Å². The zero-order chi connectivity index (χ0) is 11.0. The first kappa shape index (κ1) is 10.2. The second-order valence-electron chi connectivity index (χ2n) is 3.62. The molecule has 2 aromatic heterocycles. The van der Waals surface area contributed by atoms with Gasteiger partial charge in [0, 0.05) is 11.1 Å². The fourth-order valence-electron chi connectivity index (χ4n) is 1.36. The number of thiazole rings is 1. The zero-order valence-electron chi connectivity index (χ0n) is 9.11. The van der Waals surface area contributed by atoms with Crippen LogP contribution in [0.2, 0.25) is 0 Å². The molecule has 2 rings (SSSR count). The first-order valence-corrected chi connectivity index (χ1v) is 5.60. The molecule has 0 saturated heterocycles. The molecule has 0 unspecified atom stereocenters. The number of hydrogen-bond donors (Lipinski definition) is 1. The molecule has 0 bridgehead atoms. The van der Waals surface area contributed by atoms with E-state index >= 15 is 0 Å². The van der Waals surface area contributed by atoms with Crippen molar-refractivity contribution < 1.29 is 0 Å². The van der Waals surface area contributed by atoms with Crippen LogP contribution in [0.15, 0.2) is 6.20 Å². The summed E-state index contributed by atoms with van der Waals surface area (Å²) in [6.07, 6.45) is 1.85. The molecule has 15 heavy (non-hydrogen) atoms. The van der Waals surface area contributed by atoms with Gasteiger partial charge in [0.25, 0.3) is 0 Å². The van der Waals surface area contributed by atoms with Gasteiger partial charge in [0.15, 0.2) is 0 Å². The average Bonchev–Trinajstić information content (AvgIpc) is 2.59. The molecule has 0 spiro atoms. The molecule has 0 radical (unpaired) electrons. The minimum absolute atomic E-state index is 0.706. The standard InChI is InChI=1S/C10H14N4S/c1-6-8(3)15-10(12-6)5-14-4-9(11)7(2)13-14/h4H,5,11H2,1-3H3. The van der Waals surface area contributed by atoms with Gasteiger partial charge in [0.1, 0.15) is 5.01 Å². The predicted molar refractivity (Wildman–Crippen MR) is 62.1 cm³/mol. The summed E-state index contributed by atoms with van der Waals surface area (Å²) in [5, 5.41) is 5.38. The largest absolute Gasteiger partial charge is 0.396 e. The smallest absolute Gasteiger partial charge is 0.115 e. The Kier molecular flexibility index (Phi) is 2.48. The molecule has 2 N–H and O–H groups in total. The van der Waals surface area contributed by atoms with Gasteiger partial charge in [-0.2, -0.15) is 5.10 Å². The summed E-state index contributed by atoms with van der Waals surface area (Å²) in [7, 11) is 0. The van der Waals surface area contributed by atoms with Gasteiger partial charge >= 0.3 is 0 Å². The lowest BCUT2D eigenvalue weighted by atomic mass is 10.4. The van der Waals surface area contributed by atoms with Crippen molar-refractivity contribution in [3.63, 3.8) is 0 Å². The number of nitrogens with two attached hydrogens (primary N) is 1. The minimum Gasteiger partial charge on any atom is -0.396 e.